The van der Waals surface area contributed by atoms with Crippen molar-refractivity contribution in [3.63, 3.8) is 0 Å². The fourth-order valence-corrected chi connectivity index (χ4v) is 2.42. The van der Waals surface area contributed by atoms with Crippen molar-refractivity contribution in [2.45, 2.75) is 37.4 Å². The second-order valence-electron chi connectivity index (χ2n) is 4.25. The topological polar surface area (TPSA) is 58.7 Å². The Morgan fingerprint density at radius 3 is 3.08 bits per heavy atom. The molecule has 0 aromatic rings. The van der Waals surface area contributed by atoms with E-state index in [2.05, 4.69) is 0 Å². The summed E-state index contributed by atoms with van der Waals surface area (Å²) in [5, 5.41) is 11.4. The zero-order valence-corrected chi connectivity index (χ0v) is 7.91. The van der Waals surface area contributed by atoms with Crippen molar-refractivity contribution in [2.75, 3.05) is 19.7 Å². The van der Waals surface area contributed by atoms with Gasteiger partial charge in [-0.15, -0.1) is 0 Å². The highest BCUT2D eigenvalue weighted by Crippen LogP contribution is 2.32. The van der Waals surface area contributed by atoms with Crippen molar-refractivity contribution in [3.05, 3.63) is 0 Å². The summed E-state index contributed by atoms with van der Waals surface area (Å²) >= 11 is 0. The van der Waals surface area contributed by atoms with Gasteiger partial charge in [0.1, 0.15) is 0 Å². The Morgan fingerprint density at radius 1 is 1.54 bits per heavy atom. The van der Waals surface area contributed by atoms with E-state index in [-0.39, 0.29) is 11.7 Å². The summed E-state index contributed by atoms with van der Waals surface area (Å²) < 4.78 is 5.77. The van der Waals surface area contributed by atoms with Crippen LogP contribution in [-0.2, 0) is 4.74 Å². The Hall–Kier alpha value is -0.160. The number of nitrogens with zero attached hydrogens (tertiary/aromatic N) is 1. The number of hydrogen-bond donors (Lipinski definition) is 2. The second-order valence-corrected chi connectivity index (χ2v) is 4.25. The van der Waals surface area contributed by atoms with Gasteiger partial charge in [0.25, 0.3) is 0 Å². The van der Waals surface area contributed by atoms with Crippen LogP contribution < -0.4 is 5.84 Å². The summed E-state index contributed by atoms with van der Waals surface area (Å²) in [7, 11) is 0. The lowest BCUT2D eigenvalue weighted by molar-refractivity contribution is -0.147. The second kappa shape index (κ2) is 3.53. The molecule has 0 radical (unpaired) electrons. The smallest absolute Gasteiger partial charge is 0.0847 e. The molecule has 2 aliphatic rings. The number of ether oxygens (including phenoxy) is 1. The first-order chi connectivity index (χ1) is 6.20. The summed E-state index contributed by atoms with van der Waals surface area (Å²) in [6, 6.07) is 0. The number of hydrogen-bond acceptors (Lipinski definition) is 4. The summed E-state index contributed by atoms with van der Waals surface area (Å²) in [4.78, 5) is 0. The quantitative estimate of drug-likeness (QED) is 0.517. The van der Waals surface area contributed by atoms with Crippen molar-refractivity contribution < 1.29 is 9.84 Å². The highest BCUT2D eigenvalue weighted by atomic mass is 16.5. The van der Waals surface area contributed by atoms with E-state index in [4.69, 9.17) is 10.6 Å². The molecule has 4 heteroatoms. The largest absolute Gasteiger partial charge is 0.393 e. The third-order valence-electron chi connectivity index (χ3n) is 3.04. The number of aliphatic hydroxyl groups excluding tert-OH is 1. The number of rotatable bonds is 0. The molecule has 0 bridgehead atoms. The van der Waals surface area contributed by atoms with E-state index in [1.165, 1.54) is 0 Å². The SMILES string of the molecule is NN1CCC[C@]2(C[C@@H](O)CCO2)C1. The van der Waals surface area contributed by atoms with E-state index in [1.807, 2.05) is 5.01 Å². The Kier molecular flexibility index (Phi) is 2.55. The van der Waals surface area contributed by atoms with Crippen LogP contribution in [0.2, 0.25) is 0 Å². The molecule has 2 saturated heterocycles. The van der Waals surface area contributed by atoms with Crippen LogP contribution in [0.15, 0.2) is 0 Å². The molecule has 76 valence electrons. The van der Waals surface area contributed by atoms with Gasteiger partial charge in [0, 0.05) is 26.1 Å². The van der Waals surface area contributed by atoms with Crippen LogP contribution in [0, 0.1) is 0 Å². The van der Waals surface area contributed by atoms with Gasteiger partial charge in [0.15, 0.2) is 0 Å². The minimum Gasteiger partial charge on any atom is -0.393 e. The summed E-state index contributed by atoms with van der Waals surface area (Å²) in [5.74, 6) is 5.76. The molecule has 4 nitrogen and oxygen atoms in total. The van der Waals surface area contributed by atoms with Crippen molar-refractivity contribution in [1.29, 1.82) is 0 Å². The molecule has 0 aromatic heterocycles. The molecule has 2 rings (SSSR count). The fourth-order valence-electron chi connectivity index (χ4n) is 2.42. The van der Waals surface area contributed by atoms with E-state index >= 15 is 0 Å². The lowest BCUT2D eigenvalue weighted by atomic mass is 9.85. The number of piperidine rings is 1. The normalized spacial score (nSPS) is 42.5. The maximum Gasteiger partial charge on any atom is 0.0847 e. The minimum atomic E-state index is -0.194. The Morgan fingerprint density at radius 2 is 2.38 bits per heavy atom. The molecule has 1 spiro atoms. The Balaban J connectivity index is 2.00. The van der Waals surface area contributed by atoms with Crippen LogP contribution in [0.3, 0.4) is 0 Å². The van der Waals surface area contributed by atoms with Crippen LogP contribution in [0.25, 0.3) is 0 Å². The highest BCUT2D eigenvalue weighted by Gasteiger charge is 2.39. The monoisotopic (exact) mass is 186 g/mol. The van der Waals surface area contributed by atoms with Crippen LogP contribution >= 0.6 is 0 Å². The first kappa shape index (κ1) is 9.40. The molecule has 0 aromatic carbocycles. The van der Waals surface area contributed by atoms with E-state index in [9.17, 15) is 5.11 Å². The van der Waals surface area contributed by atoms with Crippen molar-refractivity contribution in [3.8, 4) is 0 Å². The maximum atomic E-state index is 9.57. The molecule has 3 N–H and O–H groups in total. The molecule has 13 heavy (non-hydrogen) atoms. The van der Waals surface area contributed by atoms with Crippen LogP contribution in [0.1, 0.15) is 25.7 Å². The predicted molar refractivity (Wildman–Crippen MR) is 48.9 cm³/mol. The molecule has 2 atom stereocenters. The average molecular weight is 186 g/mol. The summed E-state index contributed by atoms with van der Waals surface area (Å²) in [5.41, 5.74) is -0.148. The Labute approximate surface area is 78.6 Å². The van der Waals surface area contributed by atoms with E-state index < -0.39 is 0 Å². The molecule has 0 aliphatic carbocycles. The number of nitrogens with two attached hydrogens (primary N) is 1. The first-order valence-corrected chi connectivity index (χ1v) is 5.02. The third kappa shape index (κ3) is 2.02. The van der Waals surface area contributed by atoms with E-state index in [0.717, 1.165) is 38.8 Å². The lowest BCUT2D eigenvalue weighted by Crippen LogP contribution is -2.55. The van der Waals surface area contributed by atoms with Gasteiger partial charge in [-0.1, -0.05) is 0 Å². The van der Waals surface area contributed by atoms with Crippen molar-refractivity contribution >= 4 is 0 Å². The van der Waals surface area contributed by atoms with Crippen LogP contribution in [0.4, 0.5) is 0 Å². The molecule has 0 saturated carbocycles. The number of hydrazine groups is 1. The molecular weight excluding hydrogens is 168 g/mol. The van der Waals surface area contributed by atoms with Gasteiger partial charge in [-0.2, -0.15) is 0 Å². The molecule has 2 heterocycles. The molecule has 2 aliphatic heterocycles. The maximum absolute atomic E-state index is 9.57. The van der Waals surface area contributed by atoms with Gasteiger partial charge in [0.2, 0.25) is 0 Å². The summed E-state index contributed by atoms with van der Waals surface area (Å²) in [6.45, 7) is 2.39. The molecular formula is C9H18N2O2. The summed E-state index contributed by atoms with van der Waals surface area (Å²) in [6.07, 6.45) is 3.44. The van der Waals surface area contributed by atoms with Crippen molar-refractivity contribution in [1.82, 2.24) is 5.01 Å². The van der Waals surface area contributed by atoms with Gasteiger partial charge in [-0.05, 0) is 19.3 Å². The molecule has 0 unspecified atom stereocenters. The van der Waals surface area contributed by atoms with Gasteiger partial charge in [-0.3, -0.25) is 5.84 Å². The van der Waals surface area contributed by atoms with Crippen LogP contribution in [0.5, 0.6) is 0 Å². The van der Waals surface area contributed by atoms with Gasteiger partial charge < -0.3 is 9.84 Å². The van der Waals surface area contributed by atoms with Gasteiger partial charge >= 0.3 is 0 Å². The standard InChI is InChI=1S/C9H18N2O2/c10-11-4-1-3-9(7-11)6-8(12)2-5-13-9/h8,12H,1-7,10H2/t8-,9-/m0/s1. The average Bonchev–Trinajstić information content (AvgIpc) is 2.02. The molecule has 2 fully saturated rings. The fraction of sp³-hybridized carbons (Fsp3) is 1.00. The van der Waals surface area contributed by atoms with Crippen molar-refractivity contribution in [2.24, 2.45) is 5.84 Å². The van der Waals surface area contributed by atoms with Gasteiger partial charge in [-0.25, -0.2) is 5.01 Å². The zero-order chi connectivity index (χ0) is 9.31. The zero-order valence-electron chi connectivity index (χ0n) is 7.91. The van der Waals surface area contributed by atoms with E-state index in [1.54, 1.807) is 0 Å². The van der Waals surface area contributed by atoms with Crippen LogP contribution in [-0.4, -0.2) is 41.5 Å². The highest BCUT2D eigenvalue weighted by molar-refractivity contribution is 4.91. The Bertz CT molecular complexity index is 166. The van der Waals surface area contributed by atoms with E-state index in [0.29, 0.717) is 6.61 Å². The van der Waals surface area contributed by atoms with Gasteiger partial charge in [0.05, 0.1) is 11.7 Å². The predicted octanol–water partition coefficient (Wildman–Crippen LogP) is -0.134. The minimum absolute atomic E-state index is 0.148. The lowest BCUT2D eigenvalue weighted by Gasteiger charge is -2.44. The first-order valence-electron chi connectivity index (χ1n) is 5.02. The third-order valence-corrected chi connectivity index (χ3v) is 3.04. The molecule has 0 amide bonds. The number of aliphatic hydroxyl groups is 1.